The van der Waals surface area contributed by atoms with Gasteiger partial charge in [0.25, 0.3) is 0 Å². The zero-order valence-corrected chi connectivity index (χ0v) is 20.7. The van der Waals surface area contributed by atoms with Crippen LogP contribution in [0.5, 0.6) is 0 Å². The average Bonchev–Trinajstić information content (AvgIpc) is 3.21. The van der Waals surface area contributed by atoms with Crippen LogP contribution in [0.1, 0.15) is 64.2 Å². The zero-order chi connectivity index (χ0) is 24.9. The molecule has 2 heterocycles. The van der Waals surface area contributed by atoms with Gasteiger partial charge in [0.15, 0.2) is 0 Å². The first-order valence-corrected chi connectivity index (χ1v) is 13.4. The molecule has 2 saturated carbocycles. The van der Waals surface area contributed by atoms with Gasteiger partial charge in [-0.25, -0.2) is 0 Å². The van der Waals surface area contributed by atoms with E-state index in [-0.39, 0.29) is 0 Å². The molecule has 2 aliphatic heterocycles. The van der Waals surface area contributed by atoms with E-state index < -0.39 is 7.81 Å². The number of nitrogens with zero attached hydrogens (tertiary/aromatic N) is 4. The summed E-state index contributed by atoms with van der Waals surface area (Å²) in [5, 5.41) is 8.18. The second-order valence-corrected chi connectivity index (χ2v) is 11.1. The maximum atomic E-state index is 9.87. The molecule has 2 aliphatic carbocycles. The number of nitrogens with one attached hydrogen (secondary N) is 2. The molecule has 13 heteroatoms. The quantitative estimate of drug-likeness (QED) is 0.250. The molecule has 2 N–H and O–H groups in total. The summed E-state index contributed by atoms with van der Waals surface area (Å²) in [6, 6.07) is 0. The number of rotatable bonds is 2. The van der Waals surface area contributed by atoms with Crippen molar-refractivity contribution in [2.75, 3.05) is 28.2 Å². The van der Waals surface area contributed by atoms with Crippen molar-refractivity contribution in [2.24, 2.45) is 11.8 Å². The van der Waals surface area contributed by atoms with Crippen LogP contribution < -0.4 is 11.1 Å². The van der Waals surface area contributed by atoms with Gasteiger partial charge in [-0.05, 0) is 38.6 Å². The van der Waals surface area contributed by atoms with Crippen LogP contribution in [0.25, 0.3) is 0 Å². The van der Waals surface area contributed by atoms with Gasteiger partial charge >= 0.3 is 33.0 Å². The third-order valence-corrected chi connectivity index (χ3v) is 5.98. The Morgan fingerprint density at radius 3 is 1.55 bits per heavy atom. The first kappa shape index (κ1) is 27.9. The second-order valence-electron chi connectivity index (χ2n) is 9.17. The summed E-state index contributed by atoms with van der Waals surface area (Å²) in [6.45, 7) is 0. The van der Waals surface area contributed by atoms with Crippen molar-refractivity contribution in [3.63, 3.8) is 0 Å². The molecule has 0 amide bonds. The van der Waals surface area contributed by atoms with E-state index in [9.17, 15) is 25.2 Å². The molecule has 0 unspecified atom stereocenters. The van der Waals surface area contributed by atoms with Gasteiger partial charge in [0, 0.05) is 33.3 Å². The molecule has 6 nitrogen and oxygen atoms in total. The fourth-order valence-electron chi connectivity index (χ4n) is 4.68. The normalized spacial score (nSPS) is 24.8. The van der Waals surface area contributed by atoms with E-state index in [1.807, 2.05) is 24.1 Å². The Labute approximate surface area is 192 Å². The monoisotopic (exact) mass is 506 g/mol. The summed E-state index contributed by atoms with van der Waals surface area (Å²) in [4.78, 5) is 0. The number of hydrazine groups is 4. The van der Waals surface area contributed by atoms with Crippen molar-refractivity contribution < 1.29 is 25.2 Å². The fourth-order valence-corrected chi connectivity index (χ4v) is 4.68. The summed E-state index contributed by atoms with van der Waals surface area (Å²) in [7, 11) is -2.45. The third kappa shape index (κ3) is 11.5. The van der Waals surface area contributed by atoms with Gasteiger partial charge in [0.1, 0.15) is 0 Å². The molecule has 4 rings (SSSR count). The molecule has 0 aromatic rings. The first-order valence-electron chi connectivity index (χ1n) is 11.4. The standard InChI is InChI=1S/C10H19N3.C10H18N3.F6P/c2*1-12-8-10(13(2)11-12)9-6-4-3-5-7-9;1-7(2,3,4,5)6/h8-9,11H,3-7H2,1-2H3;9,11H,3-7H2,1-2H3;/q;2*-1. The van der Waals surface area contributed by atoms with E-state index >= 15 is 0 Å². The van der Waals surface area contributed by atoms with Gasteiger partial charge in [-0.1, -0.05) is 38.5 Å². The Hall–Kier alpha value is -1.39. The van der Waals surface area contributed by atoms with Crippen LogP contribution >= 0.6 is 7.81 Å². The molecular formula is C20H37F6N6P-2. The topological polar surface area (TPSA) is 37.0 Å². The molecular weight excluding hydrogens is 469 g/mol. The minimum atomic E-state index is -10.7. The number of halogens is 6. The van der Waals surface area contributed by atoms with Crippen molar-refractivity contribution in [3.8, 4) is 0 Å². The Morgan fingerprint density at radius 1 is 0.727 bits per heavy atom. The van der Waals surface area contributed by atoms with Crippen molar-refractivity contribution in [2.45, 2.75) is 64.2 Å². The van der Waals surface area contributed by atoms with Crippen molar-refractivity contribution in [3.05, 3.63) is 23.8 Å². The molecule has 0 atom stereocenters. The minimum absolute atomic E-state index is 0.733. The van der Waals surface area contributed by atoms with Crippen LogP contribution in [-0.4, -0.2) is 48.2 Å². The van der Waals surface area contributed by atoms with Crippen LogP contribution in [0.4, 0.5) is 25.2 Å². The predicted octanol–water partition coefficient (Wildman–Crippen LogP) is 6.60. The van der Waals surface area contributed by atoms with E-state index in [0.29, 0.717) is 0 Å². The SMILES string of the molecule is CN1C=C(C2CCCCC2)N(C)N1.CN1[C-]=C(C2CCCCC2)N(C)N1.F[P-](F)(F)(F)(F)F. The Bertz CT molecular complexity index is 644. The average molecular weight is 507 g/mol. The van der Waals surface area contributed by atoms with Crippen LogP contribution in [0.3, 0.4) is 0 Å². The molecule has 2 fully saturated rings. The Kier molecular flexibility index (Phi) is 8.50. The molecule has 0 spiro atoms. The molecule has 0 aromatic heterocycles. The van der Waals surface area contributed by atoms with Crippen molar-refractivity contribution in [1.82, 2.24) is 31.1 Å². The number of allylic oxidation sites excluding steroid dienone is 2. The third-order valence-electron chi connectivity index (χ3n) is 5.98. The van der Waals surface area contributed by atoms with E-state index in [4.69, 9.17) is 0 Å². The van der Waals surface area contributed by atoms with Gasteiger partial charge < -0.3 is 16.2 Å². The molecule has 0 aromatic carbocycles. The predicted molar refractivity (Wildman–Crippen MR) is 119 cm³/mol. The Balaban J connectivity index is 0.000000185. The maximum absolute atomic E-state index is 10.7. The first-order chi connectivity index (χ1) is 15.0. The van der Waals surface area contributed by atoms with Crippen LogP contribution in [0, 0.1) is 18.0 Å². The van der Waals surface area contributed by atoms with Gasteiger partial charge in [-0.2, -0.15) is 5.53 Å². The molecule has 0 radical (unpaired) electrons. The summed E-state index contributed by atoms with van der Waals surface area (Å²) in [6.07, 6.45) is 19.4. The molecule has 0 saturated heterocycles. The molecule has 4 aliphatic rings. The molecule has 196 valence electrons. The van der Waals surface area contributed by atoms with Crippen LogP contribution in [0.15, 0.2) is 17.6 Å². The van der Waals surface area contributed by atoms with Crippen molar-refractivity contribution >= 4 is 7.81 Å². The number of hydrogen-bond acceptors (Lipinski definition) is 6. The van der Waals surface area contributed by atoms with Crippen molar-refractivity contribution in [1.29, 1.82) is 0 Å². The zero-order valence-electron chi connectivity index (χ0n) is 19.8. The summed E-state index contributed by atoms with van der Waals surface area (Å²) in [5.74, 6) is 1.52. The van der Waals surface area contributed by atoms with E-state index in [1.54, 1.807) is 0 Å². The summed E-state index contributed by atoms with van der Waals surface area (Å²) in [5.41, 5.74) is 9.22. The summed E-state index contributed by atoms with van der Waals surface area (Å²) >= 11 is 0. The Morgan fingerprint density at radius 2 is 1.18 bits per heavy atom. The van der Waals surface area contributed by atoms with Gasteiger partial charge in [-0.3, -0.25) is 10.0 Å². The van der Waals surface area contributed by atoms with Crippen LogP contribution in [0.2, 0.25) is 0 Å². The molecule has 0 bridgehead atoms. The molecule has 33 heavy (non-hydrogen) atoms. The van der Waals surface area contributed by atoms with E-state index in [1.165, 1.54) is 75.6 Å². The fraction of sp³-hybridized carbons (Fsp3) is 0.800. The summed E-state index contributed by atoms with van der Waals surface area (Å²) < 4.78 is 59.2. The van der Waals surface area contributed by atoms with Gasteiger partial charge in [0.05, 0.1) is 5.70 Å². The van der Waals surface area contributed by atoms with E-state index in [2.05, 4.69) is 47.6 Å². The van der Waals surface area contributed by atoms with Crippen LogP contribution in [-0.2, 0) is 0 Å². The van der Waals surface area contributed by atoms with E-state index in [0.717, 1.165) is 11.8 Å². The van der Waals surface area contributed by atoms with Gasteiger partial charge in [-0.15, -0.1) is 11.2 Å². The van der Waals surface area contributed by atoms with Gasteiger partial charge in [0.2, 0.25) is 0 Å². The second kappa shape index (κ2) is 10.1. The number of hydrogen-bond donors (Lipinski definition) is 2.